The van der Waals surface area contributed by atoms with E-state index in [1.165, 1.54) is 12.8 Å². The van der Waals surface area contributed by atoms with Gasteiger partial charge in [0.15, 0.2) is 5.65 Å². The minimum Gasteiger partial charge on any atom is -0.362 e. The van der Waals surface area contributed by atoms with Crippen LogP contribution < -0.4 is 10.6 Å². The fraction of sp³-hybridized carbons (Fsp3) is 0.261. The van der Waals surface area contributed by atoms with Crippen molar-refractivity contribution in [3.63, 3.8) is 0 Å². The molecule has 0 radical (unpaired) electrons. The molecule has 0 aliphatic heterocycles. The molecule has 0 unspecified atom stereocenters. The number of pyridine rings is 1. The third kappa shape index (κ3) is 4.09. The number of amides is 1. The predicted molar refractivity (Wildman–Crippen MR) is 119 cm³/mol. The van der Waals surface area contributed by atoms with Gasteiger partial charge in [0.2, 0.25) is 0 Å². The summed E-state index contributed by atoms with van der Waals surface area (Å²) in [5.74, 6) is 1.08. The summed E-state index contributed by atoms with van der Waals surface area (Å²) in [6.45, 7) is 2.04. The maximum absolute atomic E-state index is 12.6. The monoisotopic (exact) mass is 413 g/mol. The predicted octanol–water partition coefficient (Wildman–Crippen LogP) is 4.06. The van der Waals surface area contributed by atoms with Crippen LogP contribution in [0.1, 0.15) is 53.3 Å². The van der Waals surface area contributed by atoms with Crippen molar-refractivity contribution in [2.45, 2.75) is 31.7 Å². The molecule has 1 aliphatic carbocycles. The summed E-state index contributed by atoms with van der Waals surface area (Å²) in [6.07, 6.45) is 7.43. The number of carbonyl (C=O) groups is 1. The van der Waals surface area contributed by atoms with Crippen molar-refractivity contribution in [1.29, 1.82) is 0 Å². The maximum atomic E-state index is 12.6. The number of carbonyl (C=O) groups excluding carboxylic acids is 1. The third-order valence-electron chi connectivity index (χ3n) is 5.49. The summed E-state index contributed by atoms with van der Waals surface area (Å²) < 4.78 is 1.69. The molecule has 2 N–H and O–H groups in total. The minimum absolute atomic E-state index is 0.0312. The normalized spacial score (nSPS) is 14.4. The summed E-state index contributed by atoms with van der Waals surface area (Å²) in [6, 6.07) is 11.5. The van der Waals surface area contributed by atoms with Crippen molar-refractivity contribution < 1.29 is 4.79 Å². The molecule has 8 heteroatoms. The van der Waals surface area contributed by atoms with Gasteiger partial charge in [0.25, 0.3) is 5.91 Å². The van der Waals surface area contributed by atoms with Crippen molar-refractivity contribution in [3.05, 3.63) is 71.8 Å². The molecule has 3 heterocycles. The van der Waals surface area contributed by atoms with E-state index in [1.807, 2.05) is 50.4 Å². The van der Waals surface area contributed by atoms with Gasteiger partial charge in [0.05, 0.1) is 24.0 Å². The molecule has 1 saturated carbocycles. The Bertz CT molecular complexity index is 1240. The molecule has 1 fully saturated rings. The number of hydrogen-bond donors (Lipinski definition) is 2. The summed E-state index contributed by atoms with van der Waals surface area (Å²) in [5, 5.41) is 10.5. The van der Waals surface area contributed by atoms with E-state index in [0.29, 0.717) is 17.3 Å². The molecule has 4 aromatic rings. The number of rotatable bonds is 6. The standard InChI is InChI=1S/C23H23N7O/c1-14(27-21-13-25-20-12-26-30(2)22(20)29-21)16-4-3-5-18(10-16)28-23(31)17-8-9-19(24-11-17)15-6-7-15/h3-5,8-15H,6-7H2,1-2H3,(H,27,29)(H,28,31)/t14-/m0/s1. The topological polar surface area (TPSA) is 97.6 Å². The first-order chi connectivity index (χ1) is 15.1. The Labute approximate surface area is 179 Å². The molecule has 1 amide bonds. The Morgan fingerprint density at radius 1 is 1.13 bits per heavy atom. The van der Waals surface area contributed by atoms with Crippen LogP contribution in [0.3, 0.4) is 0 Å². The molecular formula is C23H23N7O. The zero-order valence-electron chi connectivity index (χ0n) is 17.4. The first-order valence-corrected chi connectivity index (χ1v) is 10.4. The summed E-state index contributed by atoms with van der Waals surface area (Å²) in [7, 11) is 1.84. The second-order valence-electron chi connectivity index (χ2n) is 7.92. The van der Waals surface area contributed by atoms with Crippen LogP contribution in [-0.2, 0) is 7.05 Å². The third-order valence-corrected chi connectivity index (χ3v) is 5.49. The first-order valence-electron chi connectivity index (χ1n) is 10.4. The van der Waals surface area contributed by atoms with Gasteiger partial charge in [-0.1, -0.05) is 12.1 Å². The molecule has 0 spiro atoms. The number of anilines is 2. The van der Waals surface area contributed by atoms with Gasteiger partial charge in [0, 0.05) is 30.5 Å². The lowest BCUT2D eigenvalue weighted by Gasteiger charge is -2.16. The Kier molecular flexibility index (Phi) is 4.82. The van der Waals surface area contributed by atoms with Gasteiger partial charge in [-0.2, -0.15) is 5.10 Å². The van der Waals surface area contributed by atoms with Crippen LogP contribution in [-0.4, -0.2) is 30.6 Å². The number of nitrogens with zero attached hydrogens (tertiary/aromatic N) is 5. The Morgan fingerprint density at radius 3 is 2.77 bits per heavy atom. The van der Waals surface area contributed by atoms with Crippen molar-refractivity contribution in [2.24, 2.45) is 7.05 Å². The number of nitrogens with one attached hydrogen (secondary N) is 2. The summed E-state index contributed by atoms with van der Waals surface area (Å²) >= 11 is 0. The van der Waals surface area contributed by atoms with Crippen LogP contribution in [0.2, 0.25) is 0 Å². The van der Waals surface area contributed by atoms with E-state index in [4.69, 9.17) is 0 Å². The SMILES string of the molecule is C[C@H](Nc1cnc2cnn(C)c2n1)c1cccc(NC(=O)c2ccc(C3CC3)nc2)c1. The number of fused-ring (bicyclic) bond motifs is 1. The van der Waals surface area contributed by atoms with Crippen LogP contribution in [0.15, 0.2) is 55.0 Å². The second-order valence-corrected chi connectivity index (χ2v) is 7.92. The molecule has 0 bridgehead atoms. The number of aryl methyl sites for hydroxylation is 1. The van der Waals surface area contributed by atoms with Gasteiger partial charge >= 0.3 is 0 Å². The summed E-state index contributed by atoms with van der Waals surface area (Å²) in [4.78, 5) is 26.0. The average molecular weight is 413 g/mol. The highest BCUT2D eigenvalue weighted by Crippen LogP contribution is 2.38. The van der Waals surface area contributed by atoms with Crippen LogP contribution in [0, 0.1) is 0 Å². The quantitative estimate of drug-likeness (QED) is 0.495. The zero-order chi connectivity index (χ0) is 21.4. The van der Waals surface area contributed by atoms with E-state index < -0.39 is 0 Å². The van der Waals surface area contributed by atoms with Crippen LogP contribution in [0.4, 0.5) is 11.5 Å². The molecule has 8 nitrogen and oxygen atoms in total. The van der Waals surface area contributed by atoms with E-state index >= 15 is 0 Å². The smallest absolute Gasteiger partial charge is 0.257 e. The van der Waals surface area contributed by atoms with Crippen molar-refractivity contribution in [3.8, 4) is 0 Å². The molecule has 1 aromatic carbocycles. The van der Waals surface area contributed by atoms with Gasteiger partial charge < -0.3 is 10.6 Å². The summed E-state index contributed by atoms with van der Waals surface area (Å²) in [5.41, 5.74) is 4.86. The van der Waals surface area contributed by atoms with Crippen LogP contribution >= 0.6 is 0 Å². The Hall–Kier alpha value is -3.81. The molecule has 0 saturated heterocycles. The molecule has 5 rings (SSSR count). The number of hydrogen-bond acceptors (Lipinski definition) is 6. The van der Waals surface area contributed by atoms with Crippen LogP contribution in [0.25, 0.3) is 11.2 Å². The fourth-order valence-electron chi connectivity index (χ4n) is 3.54. The highest BCUT2D eigenvalue weighted by molar-refractivity contribution is 6.04. The maximum Gasteiger partial charge on any atom is 0.257 e. The van der Waals surface area contributed by atoms with Gasteiger partial charge in [-0.05, 0) is 49.6 Å². The molecule has 1 atom stereocenters. The van der Waals surface area contributed by atoms with Crippen molar-refractivity contribution in [2.75, 3.05) is 10.6 Å². The lowest BCUT2D eigenvalue weighted by Crippen LogP contribution is -2.13. The van der Waals surface area contributed by atoms with E-state index in [9.17, 15) is 4.79 Å². The minimum atomic E-state index is -0.167. The fourth-order valence-corrected chi connectivity index (χ4v) is 3.54. The molecule has 31 heavy (non-hydrogen) atoms. The lowest BCUT2D eigenvalue weighted by atomic mass is 10.1. The van der Waals surface area contributed by atoms with Crippen molar-refractivity contribution >= 4 is 28.6 Å². The molecule has 3 aromatic heterocycles. The lowest BCUT2D eigenvalue weighted by molar-refractivity contribution is 0.102. The Balaban J connectivity index is 1.28. The highest BCUT2D eigenvalue weighted by atomic mass is 16.1. The molecule has 1 aliphatic rings. The van der Waals surface area contributed by atoms with E-state index in [2.05, 4.69) is 30.7 Å². The van der Waals surface area contributed by atoms with Crippen molar-refractivity contribution in [1.82, 2.24) is 24.7 Å². The molecular weight excluding hydrogens is 390 g/mol. The largest absolute Gasteiger partial charge is 0.362 e. The van der Waals surface area contributed by atoms with Gasteiger partial charge in [0.1, 0.15) is 11.3 Å². The van der Waals surface area contributed by atoms with Crippen LogP contribution in [0.5, 0.6) is 0 Å². The number of benzene rings is 1. The second kappa shape index (κ2) is 7.79. The Morgan fingerprint density at radius 2 is 2.00 bits per heavy atom. The van der Waals surface area contributed by atoms with Gasteiger partial charge in [-0.15, -0.1) is 0 Å². The van der Waals surface area contributed by atoms with E-state index in [1.54, 1.807) is 23.3 Å². The van der Waals surface area contributed by atoms with Gasteiger partial charge in [-0.25, -0.2) is 14.6 Å². The first kappa shape index (κ1) is 19.2. The van der Waals surface area contributed by atoms with E-state index in [0.717, 1.165) is 28.1 Å². The number of aromatic nitrogens is 5. The van der Waals surface area contributed by atoms with Gasteiger partial charge in [-0.3, -0.25) is 9.78 Å². The highest BCUT2D eigenvalue weighted by Gasteiger charge is 2.24. The van der Waals surface area contributed by atoms with E-state index in [-0.39, 0.29) is 11.9 Å². The average Bonchev–Trinajstić information content (AvgIpc) is 3.58. The zero-order valence-corrected chi connectivity index (χ0v) is 17.4. The molecule has 156 valence electrons.